The summed E-state index contributed by atoms with van der Waals surface area (Å²) in [5.41, 5.74) is 2.83. The van der Waals surface area contributed by atoms with E-state index >= 15 is 0 Å². The lowest BCUT2D eigenvalue weighted by Gasteiger charge is -2.18. The molecule has 0 spiro atoms. The van der Waals surface area contributed by atoms with Gasteiger partial charge in [0.25, 0.3) is 5.91 Å². The number of nitrogens with one attached hydrogen (secondary N) is 3. The van der Waals surface area contributed by atoms with Crippen molar-refractivity contribution in [2.75, 3.05) is 31.5 Å². The Labute approximate surface area is 241 Å². The lowest BCUT2D eigenvalue weighted by atomic mass is 10.0. The minimum Gasteiger partial charge on any atom is -0.488 e. The highest BCUT2D eigenvalue weighted by Crippen LogP contribution is 2.35. The standard InChI is InChI=1S/C32H29F3N4O3/c33-22-5-1-19(2-6-22)27-15-23(16-38-32(27)42-25-10-12-37-18-25)39-31(40)21-4-8-30(41-24-9-11-36-17-24)26(13-21)20-3-7-28(34)29(35)14-20/h1-8,13-16,24-25,36-37H,9-12,17-18H2,(H,39,40). The summed E-state index contributed by atoms with van der Waals surface area (Å²) >= 11 is 0. The molecule has 3 N–H and O–H groups in total. The van der Waals surface area contributed by atoms with Crippen LogP contribution in [0.3, 0.4) is 0 Å². The fourth-order valence-corrected chi connectivity index (χ4v) is 5.11. The van der Waals surface area contributed by atoms with Crippen LogP contribution in [0.25, 0.3) is 22.3 Å². The molecule has 1 amide bonds. The summed E-state index contributed by atoms with van der Waals surface area (Å²) in [6.07, 6.45) is 3.02. The minimum atomic E-state index is -0.995. The maximum atomic E-state index is 14.2. The zero-order chi connectivity index (χ0) is 29.1. The van der Waals surface area contributed by atoms with Gasteiger partial charge < -0.3 is 25.4 Å². The number of hydrogen-bond donors (Lipinski definition) is 3. The summed E-state index contributed by atoms with van der Waals surface area (Å²) < 4.78 is 53.8. The summed E-state index contributed by atoms with van der Waals surface area (Å²) in [4.78, 5) is 17.9. The molecule has 3 aromatic carbocycles. The smallest absolute Gasteiger partial charge is 0.255 e. The number of anilines is 1. The summed E-state index contributed by atoms with van der Waals surface area (Å²) in [5.74, 6) is -1.91. The number of ether oxygens (including phenoxy) is 2. The lowest BCUT2D eigenvalue weighted by Crippen LogP contribution is -2.20. The number of rotatable bonds is 8. The van der Waals surface area contributed by atoms with E-state index in [9.17, 15) is 18.0 Å². The van der Waals surface area contributed by atoms with Gasteiger partial charge in [0.05, 0.1) is 11.9 Å². The van der Waals surface area contributed by atoms with E-state index < -0.39 is 17.5 Å². The van der Waals surface area contributed by atoms with Crippen molar-refractivity contribution >= 4 is 11.6 Å². The monoisotopic (exact) mass is 574 g/mol. The first kappa shape index (κ1) is 27.7. The second kappa shape index (κ2) is 12.2. The van der Waals surface area contributed by atoms with E-state index in [1.54, 1.807) is 36.4 Å². The van der Waals surface area contributed by atoms with Crippen LogP contribution in [-0.2, 0) is 0 Å². The molecule has 2 atom stereocenters. The van der Waals surface area contributed by atoms with Gasteiger partial charge in [0.1, 0.15) is 23.8 Å². The number of pyridine rings is 1. The van der Waals surface area contributed by atoms with Crippen LogP contribution in [0.15, 0.2) is 72.9 Å². The number of nitrogens with zero attached hydrogens (tertiary/aromatic N) is 1. The molecule has 6 rings (SSSR count). The van der Waals surface area contributed by atoms with Gasteiger partial charge in [-0.05, 0) is 85.6 Å². The second-order valence-corrected chi connectivity index (χ2v) is 10.3. The van der Waals surface area contributed by atoms with Crippen molar-refractivity contribution < 1.29 is 27.4 Å². The van der Waals surface area contributed by atoms with Crippen LogP contribution in [0.5, 0.6) is 11.6 Å². The van der Waals surface area contributed by atoms with Crippen LogP contribution in [0.4, 0.5) is 18.9 Å². The van der Waals surface area contributed by atoms with Gasteiger partial charge in [0, 0.05) is 29.8 Å². The molecule has 10 heteroatoms. The quantitative estimate of drug-likeness (QED) is 0.255. The van der Waals surface area contributed by atoms with Gasteiger partial charge >= 0.3 is 0 Å². The average molecular weight is 575 g/mol. The second-order valence-electron chi connectivity index (χ2n) is 10.3. The molecule has 216 valence electrons. The maximum absolute atomic E-state index is 14.2. The highest BCUT2D eigenvalue weighted by Gasteiger charge is 2.22. The molecular formula is C32H29F3N4O3. The van der Waals surface area contributed by atoms with E-state index in [0.29, 0.717) is 52.7 Å². The number of halogens is 3. The molecule has 0 saturated carbocycles. The Kier molecular flexibility index (Phi) is 8.07. The molecule has 0 bridgehead atoms. The topological polar surface area (TPSA) is 84.5 Å². The van der Waals surface area contributed by atoms with E-state index in [-0.39, 0.29) is 23.6 Å². The highest BCUT2D eigenvalue weighted by molar-refractivity contribution is 6.05. The molecule has 0 radical (unpaired) electrons. The molecule has 2 saturated heterocycles. The Morgan fingerprint density at radius 3 is 2.19 bits per heavy atom. The molecule has 2 aliphatic heterocycles. The average Bonchev–Trinajstić information content (AvgIpc) is 3.71. The third kappa shape index (κ3) is 6.24. The van der Waals surface area contributed by atoms with E-state index in [2.05, 4.69) is 20.9 Å². The fourth-order valence-electron chi connectivity index (χ4n) is 5.11. The summed E-state index contributed by atoms with van der Waals surface area (Å²) in [6, 6.07) is 16.2. The first-order chi connectivity index (χ1) is 20.4. The Balaban J connectivity index is 1.30. The van der Waals surface area contributed by atoms with Crippen molar-refractivity contribution in [2.45, 2.75) is 25.0 Å². The molecule has 0 aliphatic carbocycles. The van der Waals surface area contributed by atoms with Gasteiger partial charge in [-0.15, -0.1) is 0 Å². The molecule has 7 nitrogen and oxygen atoms in total. The normalized spacial score (nSPS) is 18.2. The summed E-state index contributed by atoms with van der Waals surface area (Å²) in [5, 5.41) is 9.35. The van der Waals surface area contributed by atoms with E-state index in [1.807, 2.05) is 0 Å². The Morgan fingerprint density at radius 2 is 1.50 bits per heavy atom. The van der Waals surface area contributed by atoms with Crippen LogP contribution >= 0.6 is 0 Å². The molecule has 4 aromatic rings. The Morgan fingerprint density at radius 1 is 0.786 bits per heavy atom. The largest absolute Gasteiger partial charge is 0.488 e. The third-order valence-corrected chi connectivity index (χ3v) is 7.34. The first-order valence-electron chi connectivity index (χ1n) is 13.8. The van der Waals surface area contributed by atoms with Gasteiger partial charge in [-0.25, -0.2) is 18.2 Å². The van der Waals surface area contributed by atoms with Crippen molar-refractivity contribution in [3.8, 4) is 33.9 Å². The predicted molar refractivity (Wildman–Crippen MR) is 153 cm³/mol. The van der Waals surface area contributed by atoms with Crippen molar-refractivity contribution in [2.24, 2.45) is 0 Å². The number of carbonyl (C=O) groups excluding carboxylic acids is 1. The summed E-state index contributed by atoms with van der Waals surface area (Å²) in [7, 11) is 0. The van der Waals surface area contributed by atoms with Gasteiger partial charge in [0.2, 0.25) is 5.88 Å². The molecule has 3 heterocycles. The number of amides is 1. The highest BCUT2D eigenvalue weighted by atomic mass is 19.2. The van der Waals surface area contributed by atoms with E-state index in [1.165, 1.54) is 24.4 Å². The van der Waals surface area contributed by atoms with Crippen LogP contribution in [0.2, 0.25) is 0 Å². The predicted octanol–water partition coefficient (Wildman–Crippen LogP) is 5.57. The third-order valence-electron chi connectivity index (χ3n) is 7.34. The zero-order valence-corrected chi connectivity index (χ0v) is 22.6. The van der Waals surface area contributed by atoms with Gasteiger partial charge in [-0.2, -0.15) is 0 Å². The first-order valence-corrected chi connectivity index (χ1v) is 13.8. The Bertz CT molecular complexity index is 1590. The van der Waals surface area contributed by atoms with Crippen LogP contribution in [0.1, 0.15) is 23.2 Å². The number of benzene rings is 3. The van der Waals surface area contributed by atoms with E-state index in [0.717, 1.165) is 38.1 Å². The van der Waals surface area contributed by atoms with Gasteiger partial charge in [-0.1, -0.05) is 18.2 Å². The minimum absolute atomic E-state index is 0.0485. The van der Waals surface area contributed by atoms with Gasteiger partial charge in [0.15, 0.2) is 11.6 Å². The number of aromatic nitrogens is 1. The van der Waals surface area contributed by atoms with Crippen molar-refractivity contribution in [3.63, 3.8) is 0 Å². The molecule has 1 aromatic heterocycles. The number of carbonyl (C=O) groups is 1. The molecule has 2 aliphatic rings. The van der Waals surface area contributed by atoms with Crippen LogP contribution in [0, 0.1) is 17.5 Å². The molecule has 2 fully saturated rings. The van der Waals surface area contributed by atoms with Gasteiger partial charge in [-0.3, -0.25) is 4.79 Å². The molecule has 2 unspecified atom stereocenters. The number of hydrogen-bond acceptors (Lipinski definition) is 6. The molecule has 42 heavy (non-hydrogen) atoms. The molecular weight excluding hydrogens is 545 g/mol. The van der Waals surface area contributed by atoms with Crippen molar-refractivity contribution in [1.29, 1.82) is 0 Å². The Hall–Kier alpha value is -4.41. The lowest BCUT2D eigenvalue weighted by molar-refractivity contribution is 0.102. The van der Waals surface area contributed by atoms with Crippen LogP contribution < -0.4 is 25.4 Å². The fraction of sp³-hybridized carbons (Fsp3) is 0.250. The van der Waals surface area contributed by atoms with E-state index in [4.69, 9.17) is 9.47 Å². The zero-order valence-electron chi connectivity index (χ0n) is 22.6. The van der Waals surface area contributed by atoms with Crippen LogP contribution in [-0.4, -0.2) is 49.3 Å². The van der Waals surface area contributed by atoms with Crippen molar-refractivity contribution in [1.82, 2.24) is 15.6 Å². The summed E-state index contributed by atoms with van der Waals surface area (Å²) in [6.45, 7) is 3.03. The van der Waals surface area contributed by atoms with Crippen molar-refractivity contribution in [3.05, 3.63) is 95.9 Å². The maximum Gasteiger partial charge on any atom is 0.255 e. The SMILES string of the molecule is O=C(Nc1cnc(OC2CCNC2)c(-c2ccc(F)cc2)c1)c1ccc(OC2CCNC2)c(-c2ccc(F)c(F)c2)c1.